The molecule has 0 saturated heterocycles. The Bertz CT molecular complexity index is 582. The zero-order chi connectivity index (χ0) is 20.4. The summed E-state index contributed by atoms with van der Waals surface area (Å²) in [5, 5.41) is 0. The first-order valence-corrected chi connectivity index (χ1v) is 12.0. The van der Waals surface area contributed by atoms with Crippen LogP contribution in [0.5, 0.6) is 0 Å². The van der Waals surface area contributed by atoms with Crippen molar-refractivity contribution in [1.82, 2.24) is 9.55 Å². The molecule has 0 amide bonds. The maximum atomic E-state index is 6.04. The lowest BCUT2D eigenvalue weighted by atomic mass is 10.1. The molecule has 3 heteroatoms. The van der Waals surface area contributed by atoms with Crippen molar-refractivity contribution in [2.45, 2.75) is 96.4 Å². The van der Waals surface area contributed by atoms with Gasteiger partial charge in [0.15, 0.2) is 0 Å². The van der Waals surface area contributed by atoms with Gasteiger partial charge in [-0.1, -0.05) is 108 Å². The molecular weight excluding hydrogens is 356 g/mol. The van der Waals surface area contributed by atoms with Gasteiger partial charge in [-0.15, -0.1) is 0 Å². The standard InChI is InChI=1S/C26H42N2O/c1-2-3-4-5-6-7-8-9-10-11-12-16-21-29-23-26(28-20-19-27-24-28)22-25-17-14-13-15-18-25/h13-15,17-20,24,26H,2-12,16,21-23H2,1H3/t26-/m0/s1. The average Bonchev–Trinajstić information content (AvgIpc) is 3.29. The van der Waals surface area contributed by atoms with E-state index in [1.54, 1.807) is 0 Å². The topological polar surface area (TPSA) is 27.1 Å². The van der Waals surface area contributed by atoms with E-state index in [1.807, 2.05) is 18.7 Å². The predicted octanol–water partition coefficient (Wildman–Crippen LogP) is 7.38. The number of hydrogen-bond donors (Lipinski definition) is 0. The molecule has 29 heavy (non-hydrogen) atoms. The van der Waals surface area contributed by atoms with Crippen LogP contribution in [-0.2, 0) is 11.2 Å². The van der Waals surface area contributed by atoms with Gasteiger partial charge in [0.05, 0.1) is 19.0 Å². The molecule has 162 valence electrons. The number of aromatic nitrogens is 2. The smallest absolute Gasteiger partial charge is 0.0949 e. The van der Waals surface area contributed by atoms with Crippen molar-refractivity contribution in [2.24, 2.45) is 0 Å². The van der Waals surface area contributed by atoms with Crippen molar-refractivity contribution >= 4 is 0 Å². The molecule has 2 rings (SSSR count). The van der Waals surface area contributed by atoms with Crippen molar-refractivity contribution in [2.75, 3.05) is 13.2 Å². The van der Waals surface area contributed by atoms with E-state index < -0.39 is 0 Å². The highest BCUT2D eigenvalue weighted by Gasteiger charge is 2.11. The maximum absolute atomic E-state index is 6.04. The summed E-state index contributed by atoms with van der Waals surface area (Å²) in [7, 11) is 0. The van der Waals surface area contributed by atoms with Crippen LogP contribution in [0.25, 0.3) is 0 Å². The molecule has 0 saturated carbocycles. The predicted molar refractivity (Wildman–Crippen MR) is 123 cm³/mol. The molecule has 1 heterocycles. The van der Waals surface area contributed by atoms with E-state index in [0.29, 0.717) is 6.04 Å². The number of imidazole rings is 1. The van der Waals surface area contributed by atoms with E-state index >= 15 is 0 Å². The van der Waals surface area contributed by atoms with Crippen LogP contribution in [0.3, 0.4) is 0 Å². The summed E-state index contributed by atoms with van der Waals surface area (Å²) in [5.41, 5.74) is 1.35. The molecule has 0 N–H and O–H groups in total. The Kier molecular flexibility index (Phi) is 13.2. The molecule has 1 aromatic carbocycles. The summed E-state index contributed by atoms with van der Waals surface area (Å²) in [6.45, 7) is 3.91. The van der Waals surface area contributed by atoms with Gasteiger partial charge in [0.25, 0.3) is 0 Å². The molecule has 0 spiro atoms. The van der Waals surface area contributed by atoms with Gasteiger partial charge in [0, 0.05) is 19.0 Å². The van der Waals surface area contributed by atoms with Gasteiger partial charge in [0.1, 0.15) is 0 Å². The van der Waals surface area contributed by atoms with E-state index in [1.165, 1.54) is 82.6 Å². The van der Waals surface area contributed by atoms with Gasteiger partial charge in [-0.3, -0.25) is 0 Å². The first kappa shape index (κ1) is 23.7. The Balaban J connectivity index is 1.48. The van der Waals surface area contributed by atoms with Crippen molar-refractivity contribution < 1.29 is 4.74 Å². The van der Waals surface area contributed by atoms with Crippen molar-refractivity contribution in [3.8, 4) is 0 Å². The molecule has 0 aliphatic rings. The van der Waals surface area contributed by atoms with Gasteiger partial charge in [-0.25, -0.2) is 4.98 Å². The van der Waals surface area contributed by atoms with E-state index in [9.17, 15) is 0 Å². The normalized spacial score (nSPS) is 12.3. The lowest BCUT2D eigenvalue weighted by Crippen LogP contribution is -2.17. The maximum Gasteiger partial charge on any atom is 0.0949 e. The Morgan fingerprint density at radius 1 is 0.828 bits per heavy atom. The van der Waals surface area contributed by atoms with Crippen molar-refractivity contribution in [3.63, 3.8) is 0 Å². The number of rotatable bonds is 18. The molecule has 1 aromatic heterocycles. The van der Waals surface area contributed by atoms with Gasteiger partial charge in [0.2, 0.25) is 0 Å². The minimum absolute atomic E-state index is 0.317. The summed E-state index contributed by atoms with van der Waals surface area (Å²) < 4.78 is 8.21. The SMILES string of the molecule is CCCCCCCCCCCCCCOC[C@H](Cc1ccccc1)n1ccnc1. The zero-order valence-corrected chi connectivity index (χ0v) is 18.6. The lowest BCUT2D eigenvalue weighted by molar-refractivity contribution is 0.0986. The Labute approximate surface area is 178 Å². The number of hydrogen-bond acceptors (Lipinski definition) is 2. The second-order valence-corrected chi connectivity index (χ2v) is 8.32. The van der Waals surface area contributed by atoms with Crippen LogP contribution in [0.15, 0.2) is 49.1 Å². The third-order valence-electron chi connectivity index (χ3n) is 5.71. The Morgan fingerprint density at radius 2 is 1.45 bits per heavy atom. The quantitative estimate of drug-likeness (QED) is 0.245. The van der Waals surface area contributed by atoms with Gasteiger partial charge in [-0.05, 0) is 18.4 Å². The highest BCUT2D eigenvalue weighted by molar-refractivity contribution is 5.15. The van der Waals surface area contributed by atoms with E-state index in [-0.39, 0.29) is 0 Å². The minimum atomic E-state index is 0.317. The Morgan fingerprint density at radius 3 is 2.03 bits per heavy atom. The Hall–Kier alpha value is -1.61. The highest BCUT2D eigenvalue weighted by atomic mass is 16.5. The third-order valence-corrected chi connectivity index (χ3v) is 5.71. The molecule has 0 aliphatic carbocycles. The summed E-state index contributed by atoms with van der Waals surface area (Å²) in [5.74, 6) is 0. The van der Waals surface area contributed by atoms with Crippen LogP contribution in [0, 0.1) is 0 Å². The number of unbranched alkanes of at least 4 members (excludes halogenated alkanes) is 11. The first-order chi connectivity index (χ1) is 14.4. The van der Waals surface area contributed by atoms with Gasteiger partial charge < -0.3 is 9.30 Å². The first-order valence-electron chi connectivity index (χ1n) is 12.0. The molecule has 2 aromatic rings. The lowest BCUT2D eigenvalue weighted by Gasteiger charge is -2.19. The molecule has 1 atom stereocenters. The summed E-state index contributed by atoms with van der Waals surface area (Å²) >= 11 is 0. The molecule has 3 nitrogen and oxygen atoms in total. The molecule has 0 radical (unpaired) electrons. The largest absolute Gasteiger partial charge is 0.379 e. The average molecular weight is 399 g/mol. The molecule has 0 unspecified atom stereocenters. The molecular formula is C26H42N2O. The van der Waals surface area contributed by atoms with Crippen LogP contribution in [0.4, 0.5) is 0 Å². The van der Waals surface area contributed by atoms with Crippen molar-refractivity contribution in [3.05, 3.63) is 54.6 Å². The van der Waals surface area contributed by atoms with Crippen molar-refractivity contribution in [1.29, 1.82) is 0 Å². The van der Waals surface area contributed by atoms with Crippen LogP contribution in [0.2, 0.25) is 0 Å². The molecule has 0 fully saturated rings. The van der Waals surface area contributed by atoms with Gasteiger partial charge in [-0.2, -0.15) is 0 Å². The summed E-state index contributed by atoms with van der Waals surface area (Å²) in [6, 6.07) is 11.0. The van der Waals surface area contributed by atoms with E-state index in [2.05, 4.69) is 46.8 Å². The zero-order valence-electron chi connectivity index (χ0n) is 18.6. The van der Waals surface area contributed by atoms with Crippen LogP contribution >= 0.6 is 0 Å². The van der Waals surface area contributed by atoms with E-state index in [4.69, 9.17) is 4.74 Å². The summed E-state index contributed by atoms with van der Waals surface area (Å²) in [4.78, 5) is 4.21. The second kappa shape index (κ2) is 16.2. The fraction of sp³-hybridized carbons (Fsp3) is 0.654. The fourth-order valence-electron chi connectivity index (χ4n) is 3.89. The molecule has 0 aliphatic heterocycles. The summed E-state index contributed by atoms with van der Waals surface area (Å²) in [6.07, 6.45) is 23.3. The van der Waals surface area contributed by atoms with E-state index in [0.717, 1.165) is 19.6 Å². The monoisotopic (exact) mass is 398 g/mol. The number of nitrogens with zero attached hydrogens (tertiary/aromatic N) is 2. The minimum Gasteiger partial charge on any atom is -0.379 e. The molecule has 0 bridgehead atoms. The van der Waals surface area contributed by atoms with Crippen LogP contribution < -0.4 is 0 Å². The second-order valence-electron chi connectivity index (χ2n) is 8.32. The fourth-order valence-corrected chi connectivity index (χ4v) is 3.89. The van der Waals surface area contributed by atoms with Crippen LogP contribution in [-0.4, -0.2) is 22.8 Å². The third kappa shape index (κ3) is 11.2. The highest BCUT2D eigenvalue weighted by Crippen LogP contribution is 2.16. The number of ether oxygens (including phenoxy) is 1. The van der Waals surface area contributed by atoms with Gasteiger partial charge >= 0.3 is 0 Å². The number of benzene rings is 1. The van der Waals surface area contributed by atoms with Crippen LogP contribution in [0.1, 0.15) is 95.6 Å².